The summed E-state index contributed by atoms with van der Waals surface area (Å²) in [7, 11) is 1.58. The van der Waals surface area contributed by atoms with Crippen LogP contribution in [0.1, 0.15) is 54.8 Å². The molecule has 1 aliphatic heterocycles. The minimum Gasteiger partial charge on any atom is -0.504 e. The Bertz CT molecular complexity index is 819. The van der Waals surface area contributed by atoms with Crippen LogP contribution in [-0.4, -0.2) is 34.4 Å². The van der Waals surface area contributed by atoms with Gasteiger partial charge in [-0.1, -0.05) is 48.7 Å². The molecular weight excluding hydrogens is 350 g/mol. The fourth-order valence-electron chi connectivity index (χ4n) is 5.17. The summed E-state index contributed by atoms with van der Waals surface area (Å²) < 4.78 is 5.37. The van der Waals surface area contributed by atoms with E-state index in [0.717, 1.165) is 50.8 Å². The van der Waals surface area contributed by atoms with Crippen molar-refractivity contribution in [1.82, 2.24) is 4.90 Å². The third-order valence-corrected chi connectivity index (χ3v) is 6.72. The van der Waals surface area contributed by atoms with Crippen LogP contribution < -0.4 is 4.74 Å². The smallest absolute Gasteiger partial charge is 0.160 e. The average molecular weight is 382 g/mol. The number of aliphatic hydroxyl groups is 1. The number of piperidine rings is 1. The standard InChI is InChI=1S/C24H31NO3/c1-17-6-8-18(9-7-17)16-25-14-13-24(27)12-4-3-5-20(24)23(25)19-10-11-21(26)22(15-19)28-2/h6-11,15,20,23,26-27H,3-5,12-14,16H2,1-2H3. The molecule has 1 saturated carbocycles. The van der Waals surface area contributed by atoms with Gasteiger partial charge in [-0.2, -0.15) is 0 Å². The van der Waals surface area contributed by atoms with Crippen LogP contribution in [-0.2, 0) is 6.54 Å². The van der Waals surface area contributed by atoms with Gasteiger partial charge in [0, 0.05) is 25.0 Å². The second kappa shape index (κ2) is 7.76. The lowest BCUT2D eigenvalue weighted by Crippen LogP contribution is -2.54. The molecule has 0 amide bonds. The fourth-order valence-corrected chi connectivity index (χ4v) is 5.17. The lowest BCUT2D eigenvalue weighted by Gasteiger charge is -2.53. The number of hydrogen-bond donors (Lipinski definition) is 2. The number of fused-ring (bicyclic) bond motifs is 1. The van der Waals surface area contributed by atoms with Gasteiger partial charge in [0.1, 0.15) is 0 Å². The van der Waals surface area contributed by atoms with E-state index in [-0.39, 0.29) is 17.7 Å². The Labute approximate surface area is 167 Å². The summed E-state index contributed by atoms with van der Waals surface area (Å²) in [5.74, 6) is 0.860. The largest absolute Gasteiger partial charge is 0.504 e. The van der Waals surface area contributed by atoms with Gasteiger partial charge in [-0.05, 0) is 49.4 Å². The van der Waals surface area contributed by atoms with Crippen LogP contribution in [0.3, 0.4) is 0 Å². The fraction of sp³-hybridized carbons (Fsp3) is 0.500. The van der Waals surface area contributed by atoms with Gasteiger partial charge < -0.3 is 14.9 Å². The molecule has 4 heteroatoms. The zero-order valence-electron chi connectivity index (χ0n) is 16.9. The van der Waals surface area contributed by atoms with Gasteiger partial charge in [0.25, 0.3) is 0 Å². The van der Waals surface area contributed by atoms with Crippen molar-refractivity contribution in [1.29, 1.82) is 0 Å². The zero-order valence-corrected chi connectivity index (χ0v) is 16.9. The molecule has 1 saturated heterocycles. The molecule has 4 nitrogen and oxygen atoms in total. The van der Waals surface area contributed by atoms with Crippen molar-refractivity contribution >= 4 is 0 Å². The molecule has 0 bridgehead atoms. The molecule has 28 heavy (non-hydrogen) atoms. The maximum absolute atomic E-state index is 11.4. The summed E-state index contributed by atoms with van der Waals surface area (Å²) in [5, 5.41) is 21.5. The maximum Gasteiger partial charge on any atom is 0.160 e. The van der Waals surface area contributed by atoms with E-state index < -0.39 is 5.60 Å². The number of hydrogen-bond acceptors (Lipinski definition) is 4. The normalized spacial score (nSPS) is 28.0. The second-order valence-corrected chi connectivity index (χ2v) is 8.54. The van der Waals surface area contributed by atoms with Gasteiger partial charge in [-0.25, -0.2) is 0 Å². The minimum atomic E-state index is -0.586. The second-order valence-electron chi connectivity index (χ2n) is 8.54. The number of aromatic hydroxyl groups is 1. The van der Waals surface area contributed by atoms with Crippen LogP contribution in [0.2, 0.25) is 0 Å². The van der Waals surface area contributed by atoms with Crippen LogP contribution >= 0.6 is 0 Å². The van der Waals surface area contributed by atoms with Crippen LogP contribution in [0.15, 0.2) is 42.5 Å². The van der Waals surface area contributed by atoms with E-state index in [9.17, 15) is 10.2 Å². The van der Waals surface area contributed by atoms with Gasteiger partial charge in [0.05, 0.1) is 12.7 Å². The summed E-state index contributed by atoms with van der Waals surface area (Å²) in [6, 6.07) is 14.5. The van der Waals surface area contributed by atoms with Crippen molar-refractivity contribution in [3.05, 3.63) is 59.2 Å². The number of likely N-dealkylation sites (tertiary alicyclic amines) is 1. The predicted molar refractivity (Wildman–Crippen MR) is 111 cm³/mol. The van der Waals surface area contributed by atoms with Crippen molar-refractivity contribution in [2.24, 2.45) is 5.92 Å². The molecule has 2 fully saturated rings. The molecule has 3 atom stereocenters. The van der Waals surface area contributed by atoms with E-state index in [1.54, 1.807) is 13.2 Å². The van der Waals surface area contributed by atoms with E-state index in [4.69, 9.17) is 4.74 Å². The lowest BCUT2D eigenvalue weighted by atomic mass is 9.66. The number of phenols is 1. The van der Waals surface area contributed by atoms with Gasteiger partial charge in [0.15, 0.2) is 11.5 Å². The molecule has 0 aromatic heterocycles. The number of methoxy groups -OCH3 is 1. The van der Waals surface area contributed by atoms with E-state index in [1.807, 2.05) is 12.1 Å². The Kier molecular flexibility index (Phi) is 5.35. The van der Waals surface area contributed by atoms with Crippen molar-refractivity contribution < 1.29 is 14.9 Å². The molecule has 1 aliphatic carbocycles. The first-order valence-electron chi connectivity index (χ1n) is 10.4. The summed E-state index contributed by atoms with van der Waals surface area (Å²) in [4.78, 5) is 2.50. The number of benzene rings is 2. The highest BCUT2D eigenvalue weighted by Crippen LogP contribution is 2.50. The quantitative estimate of drug-likeness (QED) is 0.814. The minimum absolute atomic E-state index is 0.120. The van der Waals surface area contributed by atoms with Crippen molar-refractivity contribution in [3.63, 3.8) is 0 Å². The molecule has 2 aliphatic rings. The zero-order chi connectivity index (χ0) is 19.7. The predicted octanol–water partition coefficient (Wildman–Crippen LogP) is 4.58. The van der Waals surface area contributed by atoms with Crippen LogP contribution in [0.4, 0.5) is 0 Å². The molecule has 2 aromatic carbocycles. The summed E-state index contributed by atoms with van der Waals surface area (Å²) >= 11 is 0. The first kappa shape index (κ1) is 19.3. The third kappa shape index (κ3) is 3.63. The Balaban J connectivity index is 1.70. The molecule has 0 spiro atoms. The van der Waals surface area contributed by atoms with Crippen molar-refractivity contribution in [2.75, 3.05) is 13.7 Å². The van der Waals surface area contributed by atoms with Gasteiger partial charge in [-0.15, -0.1) is 0 Å². The Hall–Kier alpha value is -2.04. The van der Waals surface area contributed by atoms with Gasteiger partial charge in [-0.3, -0.25) is 4.90 Å². The highest BCUT2D eigenvalue weighted by molar-refractivity contribution is 5.43. The Morgan fingerprint density at radius 2 is 1.89 bits per heavy atom. The number of nitrogens with zero attached hydrogens (tertiary/aromatic N) is 1. The van der Waals surface area contributed by atoms with E-state index in [2.05, 4.69) is 36.1 Å². The van der Waals surface area contributed by atoms with Crippen LogP contribution in [0, 0.1) is 12.8 Å². The van der Waals surface area contributed by atoms with Crippen LogP contribution in [0.25, 0.3) is 0 Å². The molecule has 4 rings (SSSR count). The highest BCUT2D eigenvalue weighted by Gasteiger charge is 2.48. The monoisotopic (exact) mass is 381 g/mol. The SMILES string of the molecule is COc1cc(C2C3CCCCC3(O)CCN2Cc2ccc(C)cc2)ccc1O. The molecule has 2 aromatic rings. The molecule has 150 valence electrons. The van der Waals surface area contributed by atoms with Gasteiger partial charge >= 0.3 is 0 Å². The maximum atomic E-state index is 11.4. The number of ether oxygens (including phenoxy) is 1. The summed E-state index contributed by atoms with van der Waals surface area (Å²) in [6.07, 6.45) is 5.03. The first-order chi connectivity index (χ1) is 13.5. The number of phenolic OH excluding ortho intramolecular Hbond substituents is 1. The van der Waals surface area contributed by atoms with E-state index in [1.165, 1.54) is 11.1 Å². The number of aryl methyl sites for hydroxylation is 1. The summed E-state index contributed by atoms with van der Waals surface area (Å²) in [6.45, 7) is 3.84. The Morgan fingerprint density at radius 3 is 2.64 bits per heavy atom. The third-order valence-electron chi connectivity index (χ3n) is 6.72. The van der Waals surface area contributed by atoms with Crippen molar-refractivity contribution in [3.8, 4) is 11.5 Å². The van der Waals surface area contributed by atoms with E-state index in [0.29, 0.717) is 5.75 Å². The Morgan fingerprint density at radius 1 is 1.11 bits per heavy atom. The molecule has 1 heterocycles. The molecule has 2 N–H and O–H groups in total. The topological polar surface area (TPSA) is 52.9 Å². The average Bonchev–Trinajstić information content (AvgIpc) is 2.70. The highest BCUT2D eigenvalue weighted by atomic mass is 16.5. The molecule has 3 unspecified atom stereocenters. The first-order valence-corrected chi connectivity index (χ1v) is 10.4. The lowest BCUT2D eigenvalue weighted by molar-refractivity contribution is -0.126. The molecular formula is C24H31NO3. The number of rotatable bonds is 4. The molecule has 0 radical (unpaired) electrons. The van der Waals surface area contributed by atoms with Gasteiger partial charge in [0.2, 0.25) is 0 Å². The van der Waals surface area contributed by atoms with Crippen LogP contribution in [0.5, 0.6) is 11.5 Å². The summed E-state index contributed by atoms with van der Waals surface area (Å²) in [5.41, 5.74) is 3.09. The van der Waals surface area contributed by atoms with E-state index >= 15 is 0 Å². The van der Waals surface area contributed by atoms with Crippen molar-refractivity contribution in [2.45, 2.75) is 57.2 Å².